The molecule has 1 fully saturated rings. The number of thiocarbonyl (C=S) groups is 1. The highest BCUT2D eigenvalue weighted by Gasteiger charge is 2.33. The van der Waals surface area contributed by atoms with Crippen LogP contribution >= 0.6 is 12.2 Å². The topological polar surface area (TPSA) is 62.6 Å². The van der Waals surface area contributed by atoms with Gasteiger partial charge >= 0.3 is 6.18 Å². The van der Waals surface area contributed by atoms with Crippen LogP contribution in [0.2, 0.25) is 0 Å². The van der Waals surface area contributed by atoms with Crippen molar-refractivity contribution < 1.29 is 27.2 Å². The van der Waals surface area contributed by atoms with Crippen molar-refractivity contribution in [3.63, 3.8) is 0 Å². The number of alkyl halides is 3. The molecule has 0 radical (unpaired) electrons. The second-order valence-electron chi connectivity index (χ2n) is 5.80. The van der Waals surface area contributed by atoms with Crippen LogP contribution in [-0.4, -0.2) is 28.4 Å². The second-order valence-corrected chi connectivity index (χ2v) is 6.19. The van der Waals surface area contributed by atoms with Gasteiger partial charge in [0, 0.05) is 12.1 Å². The van der Waals surface area contributed by atoms with Crippen LogP contribution in [0.3, 0.4) is 0 Å². The molecule has 1 N–H and O–H groups in total. The van der Waals surface area contributed by atoms with E-state index >= 15 is 0 Å². The molecule has 5 nitrogen and oxygen atoms in total. The lowest BCUT2D eigenvalue weighted by atomic mass is 10.1. The van der Waals surface area contributed by atoms with Crippen molar-refractivity contribution in [3.8, 4) is 11.3 Å². The number of hydrogen-bond donors (Lipinski definition) is 1. The Labute approximate surface area is 163 Å². The number of nitrogens with one attached hydrogen (secondary N) is 1. The minimum Gasteiger partial charge on any atom is -0.457 e. The van der Waals surface area contributed by atoms with Gasteiger partial charge in [-0.2, -0.15) is 13.2 Å². The van der Waals surface area contributed by atoms with Gasteiger partial charge in [0.05, 0.1) is 5.56 Å². The molecule has 2 amide bonds. The first-order valence-electron chi connectivity index (χ1n) is 7.98. The van der Waals surface area contributed by atoms with E-state index in [2.05, 4.69) is 11.9 Å². The van der Waals surface area contributed by atoms with Gasteiger partial charge in [0.1, 0.15) is 17.1 Å². The molecule has 9 heteroatoms. The summed E-state index contributed by atoms with van der Waals surface area (Å²) in [5.41, 5.74) is -0.800. The lowest BCUT2D eigenvalue weighted by Gasteiger charge is -2.27. The third-order valence-corrected chi connectivity index (χ3v) is 4.21. The average molecular weight is 406 g/mol. The van der Waals surface area contributed by atoms with Crippen molar-refractivity contribution in [3.05, 3.63) is 65.9 Å². The molecule has 0 bridgehead atoms. The molecule has 0 atom stereocenters. The highest BCUT2D eigenvalue weighted by molar-refractivity contribution is 7.80. The third-order valence-electron chi connectivity index (χ3n) is 3.89. The van der Waals surface area contributed by atoms with E-state index in [-0.39, 0.29) is 34.3 Å². The Morgan fingerprint density at radius 3 is 2.64 bits per heavy atom. The van der Waals surface area contributed by atoms with Gasteiger partial charge in [-0.1, -0.05) is 18.2 Å². The van der Waals surface area contributed by atoms with Crippen LogP contribution in [0.5, 0.6) is 0 Å². The summed E-state index contributed by atoms with van der Waals surface area (Å²) in [5.74, 6) is -1.00. The Kier molecular flexibility index (Phi) is 5.19. The summed E-state index contributed by atoms with van der Waals surface area (Å²) in [6.07, 6.45) is -1.81. The fourth-order valence-corrected chi connectivity index (χ4v) is 2.82. The molecule has 1 saturated heterocycles. The minimum atomic E-state index is -4.48. The second kappa shape index (κ2) is 7.43. The lowest BCUT2D eigenvalue weighted by molar-refractivity contribution is -0.137. The number of halogens is 3. The standard InChI is InChI=1S/C19H13F3N2O3S/c1-2-8-24-17(26)14(16(25)23-18(24)28)10-13-6-7-15(27-13)11-4-3-5-12(9-11)19(20,21)22/h2-7,9-10H,1,8H2,(H,23,25,28)/b14-10-. The smallest absolute Gasteiger partial charge is 0.416 e. The van der Waals surface area contributed by atoms with Crippen LogP contribution in [0, 0.1) is 0 Å². The average Bonchev–Trinajstić information content (AvgIpc) is 3.10. The van der Waals surface area contributed by atoms with Gasteiger partial charge in [0.15, 0.2) is 5.11 Å². The minimum absolute atomic E-state index is 0.0313. The predicted molar refractivity (Wildman–Crippen MR) is 99.8 cm³/mol. The molecule has 0 spiro atoms. The van der Waals surface area contributed by atoms with Crippen LogP contribution in [0.25, 0.3) is 17.4 Å². The molecule has 1 aromatic heterocycles. The molecule has 1 aliphatic heterocycles. The van der Waals surface area contributed by atoms with Crippen LogP contribution in [0.1, 0.15) is 11.3 Å². The van der Waals surface area contributed by atoms with E-state index in [0.717, 1.165) is 17.0 Å². The fourth-order valence-electron chi connectivity index (χ4n) is 2.57. The third kappa shape index (κ3) is 3.89. The van der Waals surface area contributed by atoms with Crippen molar-refractivity contribution in [1.82, 2.24) is 10.2 Å². The van der Waals surface area contributed by atoms with E-state index in [9.17, 15) is 22.8 Å². The monoisotopic (exact) mass is 406 g/mol. The van der Waals surface area contributed by atoms with E-state index in [1.54, 1.807) is 0 Å². The molecule has 1 aliphatic rings. The van der Waals surface area contributed by atoms with Gasteiger partial charge < -0.3 is 4.42 Å². The Bertz CT molecular complexity index is 1010. The Balaban J connectivity index is 1.92. The molecule has 0 saturated carbocycles. The maximum absolute atomic E-state index is 12.9. The zero-order chi connectivity index (χ0) is 20.5. The fraction of sp³-hybridized carbons (Fsp3) is 0.105. The molecule has 3 rings (SSSR count). The number of carbonyl (C=O) groups is 2. The largest absolute Gasteiger partial charge is 0.457 e. The molecule has 1 aromatic carbocycles. The van der Waals surface area contributed by atoms with Crippen LogP contribution in [-0.2, 0) is 15.8 Å². The van der Waals surface area contributed by atoms with Gasteiger partial charge in [-0.3, -0.25) is 19.8 Å². The van der Waals surface area contributed by atoms with Gasteiger partial charge in [-0.15, -0.1) is 6.58 Å². The summed E-state index contributed by atoms with van der Waals surface area (Å²) in [5, 5.41) is 2.36. The van der Waals surface area contributed by atoms with Gasteiger partial charge in [0.2, 0.25) is 0 Å². The van der Waals surface area contributed by atoms with Crippen molar-refractivity contribution in [2.75, 3.05) is 6.54 Å². The van der Waals surface area contributed by atoms with Gasteiger partial charge in [0.25, 0.3) is 11.8 Å². The summed E-state index contributed by atoms with van der Waals surface area (Å²) in [6.45, 7) is 3.64. The number of amides is 2. The highest BCUT2D eigenvalue weighted by Crippen LogP contribution is 2.33. The quantitative estimate of drug-likeness (QED) is 0.363. The Morgan fingerprint density at radius 2 is 1.96 bits per heavy atom. The molecule has 0 aliphatic carbocycles. The van der Waals surface area contributed by atoms with Crippen LogP contribution < -0.4 is 5.32 Å². The molecule has 28 heavy (non-hydrogen) atoms. The first-order chi connectivity index (χ1) is 13.2. The van der Waals surface area contributed by atoms with Crippen molar-refractivity contribution in [2.24, 2.45) is 0 Å². The Hall–Kier alpha value is -3.20. The first-order valence-corrected chi connectivity index (χ1v) is 8.39. The molecular weight excluding hydrogens is 393 g/mol. The van der Waals surface area contributed by atoms with E-state index in [1.807, 2.05) is 0 Å². The van der Waals surface area contributed by atoms with Gasteiger partial charge in [-0.25, -0.2) is 0 Å². The predicted octanol–water partition coefficient (Wildman–Crippen LogP) is 3.78. The maximum Gasteiger partial charge on any atom is 0.416 e. The van der Waals surface area contributed by atoms with E-state index in [4.69, 9.17) is 16.6 Å². The number of benzene rings is 1. The van der Waals surface area contributed by atoms with Crippen molar-refractivity contribution in [2.45, 2.75) is 6.18 Å². The molecule has 2 heterocycles. The summed E-state index contributed by atoms with van der Waals surface area (Å²) >= 11 is 4.96. The highest BCUT2D eigenvalue weighted by atomic mass is 32.1. The first kappa shape index (κ1) is 19.6. The summed E-state index contributed by atoms with van der Waals surface area (Å²) < 4.78 is 44.1. The number of furan rings is 1. The summed E-state index contributed by atoms with van der Waals surface area (Å²) in [6, 6.07) is 7.56. The summed E-state index contributed by atoms with van der Waals surface area (Å²) in [7, 11) is 0. The number of rotatable bonds is 4. The van der Waals surface area contributed by atoms with E-state index in [0.29, 0.717) is 0 Å². The Morgan fingerprint density at radius 1 is 1.21 bits per heavy atom. The van der Waals surface area contributed by atoms with E-state index < -0.39 is 23.6 Å². The summed E-state index contributed by atoms with van der Waals surface area (Å²) in [4.78, 5) is 25.7. The van der Waals surface area contributed by atoms with Crippen LogP contribution in [0.4, 0.5) is 13.2 Å². The van der Waals surface area contributed by atoms with E-state index in [1.165, 1.54) is 36.4 Å². The van der Waals surface area contributed by atoms with Crippen molar-refractivity contribution >= 4 is 35.2 Å². The molecular formula is C19H13F3N2O3S. The normalized spacial score (nSPS) is 16.5. The number of hydrogen-bond acceptors (Lipinski definition) is 4. The number of nitrogens with zero attached hydrogens (tertiary/aromatic N) is 1. The zero-order valence-corrected chi connectivity index (χ0v) is 15.1. The SMILES string of the molecule is C=CCN1C(=O)/C(=C\c2ccc(-c3cccc(C(F)(F)F)c3)o2)C(=O)NC1=S. The maximum atomic E-state index is 12.9. The molecule has 144 valence electrons. The molecule has 2 aromatic rings. The van der Waals surface area contributed by atoms with Crippen LogP contribution in [0.15, 0.2) is 59.0 Å². The van der Waals surface area contributed by atoms with Crippen molar-refractivity contribution in [1.29, 1.82) is 0 Å². The zero-order valence-electron chi connectivity index (χ0n) is 14.2. The van der Waals surface area contributed by atoms with Gasteiger partial charge in [-0.05, 0) is 42.6 Å². The number of carbonyl (C=O) groups excluding carboxylic acids is 2. The molecule has 0 unspecified atom stereocenters. The lowest BCUT2D eigenvalue weighted by Crippen LogP contribution is -2.53.